The van der Waals surface area contributed by atoms with Crippen molar-refractivity contribution in [2.75, 3.05) is 18.5 Å². The smallest absolute Gasteiger partial charge is 0.270 e. The molecule has 1 aliphatic carbocycles. The lowest BCUT2D eigenvalue weighted by molar-refractivity contribution is -0.114. The van der Waals surface area contributed by atoms with Crippen LogP contribution in [-0.2, 0) is 14.8 Å². The van der Waals surface area contributed by atoms with E-state index in [1.165, 1.54) is 23.5 Å². The molecule has 9 heteroatoms. The fourth-order valence-corrected chi connectivity index (χ4v) is 4.43. The molecular weight excluding hydrogens is 368 g/mol. The lowest BCUT2D eigenvalue weighted by Crippen LogP contribution is -2.32. The van der Waals surface area contributed by atoms with Gasteiger partial charge in [0.2, 0.25) is 11.8 Å². The Bertz CT molecular complexity index is 1100. The SMILES string of the molecule is CC(=O)Nc1cc(-c2cnc3c(c2)S(=O)(=O)N(C2=C=CC2)CCO3)ccn1. The monoisotopic (exact) mass is 384 g/mol. The van der Waals surface area contributed by atoms with Crippen molar-refractivity contribution < 1.29 is 17.9 Å². The van der Waals surface area contributed by atoms with Gasteiger partial charge in [-0.05, 0) is 29.8 Å². The Labute approximate surface area is 156 Å². The second kappa shape index (κ2) is 6.53. The molecule has 0 fully saturated rings. The number of carbonyl (C=O) groups is 1. The van der Waals surface area contributed by atoms with Gasteiger partial charge in [-0.25, -0.2) is 18.4 Å². The summed E-state index contributed by atoms with van der Waals surface area (Å²) >= 11 is 0. The van der Waals surface area contributed by atoms with E-state index in [9.17, 15) is 13.2 Å². The number of rotatable bonds is 3. The summed E-state index contributed by atoms with van der Waals surface area (Å²) in [7, 11) is -3.80. The second-order valence-corrected chi connectivity index (χ2v) is 7.89. The van der Waals surface area contributed by atoms with E-state index in [2.05, 4.69) is 21.0 Å². The molecule has 3 heterocycles. The van der Waals surface area contributed by atoms with E-state index in [1.54, 1.807) is 24.4 Å². The van der Waals surface area contributed by atoms with Crippen molar-refractivity contribution in [1.29, 1.82) is 0 Å². The number of carbonyl (C=O) groups excluding carboxylic acids is 1. The molecule has 0 radical (unpaired) electrons. The maximum atomic E-state index is 13.1. The van der Waals surface area contributed by atoms with E-state index < -0.39 is 10.0 Å². The minimum Gasteiger partial charge on any atom is -0.475 e. The van der Waals surface area contributed by atoms with Gasteiger partial charge in [0.15, 0.2) is 4.90 Å². The Hall–Kier alpha value is -3.16. The summed E-state index contributed by atoms with van der Waals surface area (Å²) < 4.78 is 33.1. The molecule has 4 rings (SSSR count). The number of pyridine rings is 2. The summed E-state index contributed by atoms with van der Waals surface area (Å²) in [4.78, 5) is 19.5. The molecule has 0 atom stereocenters. The minimum absolute atomic E-state index is 0.0107. The second-order valence-electron chi connectivity index (χ2n) is 6.06. The van der Waals surface area contributed by atoms with E-state index in [1.807, 2.05) is 0 Å². The first-order chi connectivity index (χ1) is 12.9. The van der Waals surface area contributed by atoms with Crippen LogP contribution in [-0.4, -0.2) is 41.7 Å². The highest BCUT2D eigenvalue weighted by Gasteiger charge is 2.34. The third-order valence-corrected chi connectivity index (χ3v) is 6.01. The molecule has 0 aromatic carbocycles. The van der Waals surface area contributed by atoms with Crippen LogP contribution in [0.15, 0.2) is 53.0 Å². The van der Waals surface area contributed by atoms with Gasteiger partial charge in [0.05, 0.1) is 12.2 Å². The van der Waals surface area contributed by atoms with Crippen molar-refractivity contribution in [1.82, 2.24) is 14.3 Å². The van der Waals surface area contributed by atoms with Crippen LogP contribution >= 0.6 is 0 Å². The van der Waals surface area contributed by atoms with Crippen LogP contribution in [0, 0.1) is 0 Å². The van der Waals surface area contributed by atoms with Gasteiger partial charge in [-0.2, -0.15) is 0 Å². The van der Waals surface area contributed by atoms with Gasteiger partial charge in [0, 0.05) is 31.3 Å². The molecule has 0 saturated carbocycles. The van der Waals surface area contributed by atoms with E-state index in [0.717, 1.165) is 0 Å². The molecule has 2 aromatic rings. The zero-order valence-electron chi connectivity index (χ0n) is 14.5. The molecule has 1 N–H and O–H groups in total. The summed E-state index contributed by atoms with van der Waals surface area (Å²) in [5.74, 6) is 0.217. The number of fused-ring (bicyclic) bond motifs is 1. The average molecular weight is 384 g/mol. The lowest BCUT2D eigenvalue weighted by Gasteiger charge is -2.24. The van der Waals surface area contributed by atoms with Crippen molar-refractivity contribution >= 4 is 21.7 Å². The highest BCUT2D eigenvalue weighted by Crippen LogP contribution is 2.34. The molecule has 1 aliphatic heterocycles. The minimum atomic E-state index is -3.80. The molecule has 0 saturated heterocycles. The summed E-state index contributed by atoms with van der Waals surface area (Å²) in [6.45, 7) is 1.82. The highest BCUT2D eigenvalue weighted by atomic mass is 32.2. The molecule has 0 spiro atoms. The number of nitrogens with zero attached hydrogens (tertiary/aromatic N) is 3. The number of aromatic nitrogens is 2. The van der Waals surface area contributed by atoms with Crippen molar-refractivity contribution in [3.63, 3.8) is 0 Å². The normalized spacial score (nSPS) is 17.1. The van der Waals surface area contributed by atoms with E-state index in [4.69, 9.17) is 4.74 Å². The molecule has 0 bridgehead atoms. The fourth-order valence-electron chi connectivity index (χ4n) is 2.85. The maximum absolute atomic E-state index is 13.1. The fraction of sp³-hybridized carbons (Fsp3) is 0.222. The molecule has 2 aliphatic rings. The van der Waals surface area contributed by atoms with Gasteiger partial charge in [-0.1, -0.05) is 0 Å². The van der Waals surface area contributed by atoms with Gasteiger partial charge < -0.3 is 10.1 Å². The highest BCUT2D eigenvalue weighted by molar-refractivity contribution is 7.89. The van der Waals surface area contributed by atoms with E-state index >= 15 is 0 Å². The van der Waals surface area contributed by atoms with Gasteiger partial charge in [-0.15, -0.1) is 5.73 Å². The number of amides is 1. The zero-order valence-corrected chi connectivity index (χ0v) is 15.3. The molecule has 8 nitrogen and oxygen atoms in total. The molecule has 27 heavy (non-hydrogen) atoms. The maximum Gasteiger partial charge on any atom is 0.270 e. The predicted molar refractivity (Wildman–Crippen MR) is 97.4 cm³/mol. The Morgan fingerprint density at radius 1 is 1.30 bits per heavy atom. The van der Waals surface area contributed by atoms with E-state index in [-0.39, 0.29) is 29.8 Å². The van der Waals surface area contributed by atoms with Crippen molar-refractivity contribution in [2.45, 2.75) is 18.2 Å². The summed E-state index contributed by atoms with van der Waals surface area (Å²) in [6, 6.07) is 4.91. The Balaban J connectivity index is 1.78. The van der Waals surface area contributed by atoms with Crippen molar-refractivity contribution in [2.24, 2.45) is 0 Å². The number of hydrogen-bond acceptors (Lipinski definition) is 6. The first kappa shape index (κ1) is 17.3. The van der Waals surface area contributed by atoms with Crippen LogP contribution in [0.4, 0.5) is 5.82 Å². The quantitative estimate of drug-likeness (QED) is 0.812. The first-order valence-corrected chi connectivity index (χ1v) is 9.73. The standard InChI is InChI=1S/C18H16N4O4S/c1-12(23)21-17-10-13(5-6-19-17)14-9-16-18(20-11-14)26-8-7-22(27(16,24)25)15-3-2-4-15/h2,5-6,9-11H,3,7-8H2,1H3,(H,19,21,23). The summed E-state index contributed by atoms with van der Waals surface area (Å²) in [6.07, 6.45) is 5.42. The Morgan fingerprint density at radius 3 is 2.81 bits per heavy atom. The predicted octanol–water partition coefficient (Wildman–Crippen LogP) is 1.93. The van der Waals surface area contributed by atoms with Crippen LogP contribution in [0.3, 0.4) is 0 Å². The molecule has 0 unspecified atom stereocenters. The lowest BCUT2D eigenvalue weighted by atomic mass is 10.1. The van der Waals surface area contributed by atoms with Crippen LogP contribution in [0.5, 0.6) is 5.88 Å². The van der Waals surface area contributed by atoms with E-state index in [0.29, 0.717) is 29.1 Å². The number of hydrogen-bond donors (Lipinski definition) is 1. The number of nitrogens with one attached hydrogen (secondary N) is 1. The molecule has 2 aromatic heterocycles. The van der Waals surface area contributed by atoms with Gasteiger partial charge in [0.25, 0.3) is 10.0 Å². The third kappa shape index (κ3) is 3.18. The topological polar surface area (TPSA) is 101 Å². The van der Waals surface area contributed by atoms with Gasteiger partial charge in [0.1, 0.15) is 12.4 Å². The van der Waals surface area contributed by atoms with Crippen LogP contribution in [0.2, 0.25) is 0 Å². The van der Waals surface area contributed by atoms with Crippen molar-refractivity contribution in [3.05, 3.63) is 48.1 Å². The van der Waals surface area contributed by atoms with Gasteiger partial charge in [-0.3, -0.25) is 9.10 Å². The number of ether oxygens (including phenoxy) is 1. The first-order valence-electron chi connectivity index (χ1n) is 8.29. The molecule has 138 valence electrons. The number of sulfonamides is 1. The van der Waals surface area contributed by atoms with Crippen LogP contribution in [0.25, 0.3) is 11.1 Å². The Morgan fingerprint density at radius 2 is 2.11 bits per heavy atom. The molecule has 1 amide bonds. The van der Waals surface area contributed by atoms with Gasteiger partial charge >= 0.3 is 0 Å². The van der Waals surface area contributed by atoms with Crippen LogP contribution in [0.1, 0.15) is 13.3 Å². The average Bonchev–Trinajstić information content (AvgIpc) is 2.70. The summed E-state index contributed by atoms with van der Waals surface area (Å²) in [5.41, 5.74) is 4.79. The third-order valence-electron chi connectivity index (χ3n) is 4.18. The molecular formula is C18H16N4O4S. The zero-order chi connectivity index (χ0) is 19.0. The summed E-state index contributed by atoms with van der Waals surface area (Å²) in [5, 5.41) is 2.60. The number of anilines is 1. The Kier molecular flexibility index (Phi) is 4.18. The van der Waals surface area contributed by atoms with Crippen LogP contribution < -0.4 is 10.1 Å². The largest absolute Gasteiger partial charge is 0.475 e. The van der Waals surface area contributed by atoms with Crippen molar-refractivity contribution in [3.8, 4) is 17.0 Å².